The Morgan fingerprint density at radius 2 is 1.91 bits per heavy atom. The van der Waals surface area contributed by atoms with Gasteiger partial charge in [-0.2, -0.15) is 5.10 Å². The zero-order valence-corrected chi connectivity index (χ0v) is 18.4. The first kappa shape index (κ1) is 23.1. The minimum absolute atomic E-state index is 0.0965. The van der Waals surface area contributed by atoms with Gasteiger partial charge in [0, 0.05) is 37.8 Å². The molecule has 3 aromatic rings. The predicted octanol–water partition coefficient (Wildman–Crippen LogP) is 2.77. The number of nitrogens with zero attached hydrogens (tertiary/aromatic N) is 2. The van der Waals surface area contributed by atoms with Crippen LogP contribution < -0.4 is 10.6 Å². The summed E-state index contributed by atoms with van der Waals surface area (Å²) in [6.07, 6.45) is 4.43. The van der Waals surface area contributed by atoms with Crippen molar-refractivity contribution < 1.29 is 18.7 Å². The van der Waals surface area contributed by atoms with E-state index in [0.717, 1.165) is 18.9 Å². The van der Waals surface area contributed by atoms with Crippen molar-refractivity contribution >= 4 is 5.91 Å². The molecule has 8 heteroatoms. The predicted molar refractivity (Wildman–Crippen MR) is 120 cm³/mol. The summed E-state index contributed by atoms with van der Waals surface area (Å²) in [7, 11) is 0. The summed E-state index contributed by atoms with van der Waals surface area (Å²) in [4.78, 5) is 11.7. The summed E-state index contributed by atoms with van der Waals surface area (Å²) in [5.41, 5.74) is 1.15. The summed E-state index contributed by atoms with van der Waals surface area (Å²) >= 11 is 0. The summed E-state index contributed by atoms with van der Waals surface area (Å²) in [5, 5.41) is 21.5. The fourth-order valence-corrected chi connectivity index (χ4v) is 4.49. The van der Waals surface area contributed by atoms with Gasteiger partial charge in [0.15, 0.2) is 0 Å². The van der Waals surface area contributed by atoms with E-state index in [2.05, 4.69) is 27.9 Å². The van der Waals surface area contributed by atoms with Crippen LogP contribution in [0.5, 0.6) is 0 Å². The van der Waals surface area contributed by atoms with Gasteiger partial charge in [0.1, 0.15) is 17.3 Å². The van der Waals surface area contributed by atoms with Gasteiger partial charge in [-0.3, -0.25) is 14.8 Å². The number of halogens is 2. The second-order valence-electron chi connectivity index (χ2n) is 8.70. The summed E-state index contributed by atoms with van der Waals surface area (Å²) < 4.78 is 29.1. The zero-order chi connectivity index (χ0) is 23.4. The summed E-state index contributed by atoms with van der Waals surface area (Å²) in [5.74, 6) is -1.44. The molecule has 0 saturated heterocycles. The van der Waals surface area contributed by atoms with Crippen LogP contribution >= 0.6 is 0 Å². The van der Waals surface area contributed by atoms with Crippen LogP contribution in [0, 0.1) is 17.6 Å². The van der Waals surface area contributed by atoms with Crippen molar-refractivity contribution in [2.24, 2.45) is 5.92 Å². The monoisotopic (exact) mass is 454 g/mol. The SMILES string of the molecule is CC(=O)NC(Cc1cc(F)cc(F)c1)C(O)CNC1(n2cccn2)CC1Cc1ccccc1. The molecule has 0 bridgehead atoms. The van der Waals surface area contributed by atoms with Gasteiger partial charge in [-0.05, 0) is 48.6 Å². The lowest BCUT2D eigenvalue weighted by molar-refractivity contribution is -0.120. The van der Waals surface area contributed by atoms with Crippen LogP contribution in [0.1, 0.15) is 24.5 Å². The first-order valence-corrected chi connectivity index (χ1v) is 11.0. The number of nitrogens with one attached hydrogen (secondary N) is 2. The molecule has 1 amide bonds. The minimum Gasteiger partial charge on any atom is -0.390 e. The van der Waals surface area contributed by atoms with Gasteiger partial charge in [-0.25, -0.2) is 8.78 Å². The third-order valence-electron chi connectivity index (χ3n) is 6.16. The number of amides is 1. The first-order valence-electron chi connectivity index (χ1n) is 11.0. The van der Waals surface area contributed by atoms with Crippen molar-refractivity contribution in [2.75, 3.05) is 6.54 Å². The average Bonchev–Trinajstić information content (AvgIpc) is 3.17. The van der Waals surface area contributed by atoms with Crippen molar-refractivity contribution in [3.8, 4) is 0 Å². The maximum absolute atomic E-state index is 13.6. The molecule has 0 spiro atoms. The minimum atomic E-state index is -0.981. The van der Waals surface area contributed by atoms with Crippen molar-refractivity contribution in [2.45, 2.75) is 44.0 Å². The lowest BCUT2D eigenvalue weighted by Gasteiger charge is -2.27. The van der Waals surface area contributed by atoms with E-state index in [0.29, 0.717) is 5.56 Å². The third-order valence-corrected chi connectivity index (χ3v) is 6.16. The van der Waals surface area contributed by atoms with Crippen LogP contribution in [0.3, 0.4) is 0 Å². The van der Waals surface area contributed by atoms with Gasteiger partial charge < -0.3 is 10.4 Å². The molecule has 3 N–H and O–H groups in total. The molecule has 0 aliphatic heterocycles. The fraction of sp³-hybridized carbons (Fsp3) is 0.360. The molecule has 174 valence electrons. The number of carbonyl (C=O) groups is 1. The van der Waals surface area contributed by atoms with Crippen molar-refractivity contribution in [1.82, 2.24) is 20.4 Å². The van der Waals surface area contributed by atoms with Crippen molar-refractivity contribution in [1.29, 1.82) is 0 Å². The lowest BCUT2D eigenvalue weighted by atomic mass is 10.0. The number of benzene rings is 2. The Morgan fingerprint density at radius 3 is 2.55 bits per heavy atom. The molecule has 33 heavy (non-hydrogen) atoms. The number of hydrogen-bond donors (Lipinski definition) is 3. The standard InChI is InChI=1S/C25H28F2N4O2/c1-17(32)30-23(13-19-11-21(26)14-22(27)12-19)24(33)16-28-25(31-9-5-8-29-31)15-20(25)10-18-6-3-2-4-7-18/h2-9,11-12,14,20,23-24,28,33H,10,13,15-16H2,1H3,(H,30,32). The second kappa shape index (κ2) is 9.80. The van der Waals surface area contributed by atoms with Crippen LogP contribution in [0.15, 0.2) is 67.0 Å². The Balaban J connectivity index is 1.46. The maximum Gasteiger partial charge on any atom is 0.217 e. The quantitative estimate of drug-likeness (QED) is 0.440. The lowest BCUT2D eigenvalue weighted by Crippen LogP contribution is -2.51. The van der Waals surface area contributed by atoms with E-state index in [1.165, 1.54) is 24.6 Å². The number of aromatic nitrogens is 2. The number of aliphatic hydroxyl groups excluding tert-OH is 1. The third kappa shape index (κ3) is 5.64. The topological polar surface area (TPSA) is 79.2 Å². The summed E-state index contributed by atoms with van der Waals surface area (Å²) in [6.45, 7) is 1.52. The molecular weight excluding hydrogens is 426 g/mol. The average molecular weight is 455 g/mol. The molecule has 4 atom stereocenters. The number of hydrogen-bond acceptors (Lipinski definition) is 4. The van der Waals surface area contributed by atoms with Gasteiger partial charge in [-0.15, -0.1) is 0 Å². The van der Waals surface area contributed by atoms with Crippen LogP contribution in [0.25, 0.3) is 0 Å². The molecule has 2 aromatic carbocycles. The Morgan fingerprint density at radius 1 is 1.18 bits per heavy atom. The highest BCUT2D eigenvalue weighted by Gasteiger charge is 2.56. The molecule has 4 rings (SSSR count). The van der Waals surface area contributed by atoms with Crippen molar-refractivity contribution in [3.63, 3.8) is 0 Å². The number of rotatable bonds is 10. The van der Waals surface area contributed by atoms with Crippen LogP contribution in [0.2, 0.25) is 0 Å². The highest BCUT2D eigenvalue weighted by atomic mass is 19.1. The highest BCUT2D eigenvalue weighted by Crippen LogP contribution is 2.49. The second-order valence-corrected chi connectivity index (χ2v) is 8.70. The Labute approximate surface area is 191 Å². The number of carbonyl (C=O) groups excluding carboxylic acids is 1. The van der Waals surface area contributed by atoms with Gasteiger partial charge >= 0.3 is 0 Å². The molecule has 1 aliphatic carbocycles. The van der Waals surface area contributed by atoms with E-state index in [1.54, 1.807) is 6.20 Å². The molecule has 1 aliphatic rings. The summed E-state index contributed by atoms with van der Waals surface area (Å²) in [6, 6.07) is 14.5. The largest absolute Gasteiger partial charge is 0.390 e. The molecule has 1 heterocycles. The van der Waals surface area contributed by atoms with E-state index in [4.69, 9.17) is 0 Å². The number of aliphatic hydroxyl groups is 1. The molecule has 1 fully saturated rings. The van der Waals surface area contributed by atoms with E-state index >= 15 is 0 Å². The Hall–Kier alpha value is -3.10. The molecule has 1 aromatic heterocycles. The van der Waals surface area contributed by atoms with E-state index in [9.17, 15) is 18.7 Å². The molecular formula is C25H28F2N4O2. The fourth-order valence-electron chi connectivity index (χ4n) is 4.49. The Kier molecular flexibility index (Phi) is 6.85. The van der Waals surface area contributed by atoms with E-state index in [1.807, 2.05) is 35.1 Å². The van der Waals surface area contributed by atoms with Gasteiger partial charge in [-0.1, -0.05) is 30.3 Å². The maximum atomic E-state index is 13.6. The van der Waals surface area contributed by atoms with Crippen LogP contribution in [-0.2, 0) is 23.3 Å². The molecule has 1 saturated carbocycles. The van der Waals surface area contributed by atoms with E-state index in [-0.39, 0.29) is 24.8 Å². The molecule has 6 nitrogen and oxygen atoms in total. The van der Waals surface area contributed by atoms with Gasteiger partial charge in [0.05, 0.1) is 12.1 Å². The smallest absolute Gasteiger partial charge is 0.217 e. The highest BCUT2D eigenvalue weighted by molar-refractivity contribution is 5.73. The van der Waals surface area contributed by atoms with Crippen LogP contribution in [0.4, 0.5) is 8.78 Å². The van der Waals surface area contributed by atoms with Crippen LogP contribution in [-0.4, -0.2) is 39.5 Å². The van der Waals surface area contributed by atoms with Gasteiger partial charge in [0.25, 0.3) is 0 Å². The van der Waals surface area contributed by atoms with Crippen molar-refractivity contribution in [3.05, 3.63) is 89.8 Å². The molecule has 0 radical (unpaired) electrons. The molecule has 4 unspecified atom stereocenters. The zero-order valence-electron chi connectivity index (χ0n) is 18.4. The Bertz CT molecular complexity index is 1060. The van der Waals surface area contributed by atoms with Gasteiger partial charge in [0.2, 0.25) is 5.91 Å². The van der Waals surface area contributed by atoms with E-state index < -0.39 is 29.4 Å². The normalized spacial score (nSPS) is 21.4. The first-order chi connectivity index (χ1) is 15.9.